The lowest BCUT2D eigenvalue weighted by molar-refractivity contribution is 0.281. The fourth-order valence-electron chi connectivity index (χ4n) is 2.93. The van der Waals surface area contributed by atoms with Gasteiger partial charge in [0, 0.05) is 5.92 Å². The zero-order chi connectivity index (χ0) is 14.5. The lowest BCUT2D eigenvalue weighted by Crippen LogP contribution is -2.14. The van der Waals surface area contributed by atoms with Gasteiger partial charge in [-0.25, -0.2) is 4.39 Å². The minimum Gasteiger partial charge on any atom is -0.206 e. The Morgan fingerprint density at radius 1 is 1.05 bits per heavy atom. The molecular formula is C17H19F3. The van der Waals surface area contributed by atoms with Crippen LogP contribution in [0.15, 0.2) is 48.8 Å². The van der Waals surface area contributed by atoms with Crippen molar-refractivity contribution < 1.29 is 13.2 Å². The van der Waals surface area contributed by atoms with Gasteiger partial charge < -0.3 is 0 Å². The van der Waals surface area contributed by atoms with E-state index < -0.39 is 17.8 Å². The highest BCUT2D eigenvalue weighted by molar-refractivity contribution is 5.27. The largest absolute Gasteiger partial charge is 0.301 e. The maximum absolute atomic E-state index is 13.2. The second-order valence-corrected chi connectivity index (χ2v) is 5.39. The maximum Gasteiger partial charge on any atom is 0.301 e. The number of rotatable bonds is 4. The van der Waals surface area contributed by atoms with E-state index in [1.165, 1.54) is 11.1 Å². The summed E-state index contributed by atoms with van der Waals surface area (Å²) < 4.78 is 37.7. The molecule has 0 atom stereocenters. The van der Waals surface area contributed by atoms with E-state index in [2.05, 4.69) is 30.8 Å². The molecule has 3 heteroatoms. The topological polar surface area (TPSA) is 0 Å². The summed E-state index contributed by atoms with van der Waals surface area (Å²) >= 11 is 0. The molecule has 0 spiro atoms. The maximum atomic E-state index is 13.2. The van der Waals surface area contributed by atoms with Crippen molar-refractivity contribution in [2.45, 2.75) is 38.0 Å². The molecule has 1 saturated carbocycles. The van der Waals surface area contributed by atoms with Crippen LogP contribution in [0.2, 0.25) is 0 Å². The molecule has 2 rings (SSSR count). The van der Waals surface area contributed by atoms with Crippen molar-refractivity contribution in [3.8, 4) is 0 Å². The van der Waals surface area contributed by atoms with Gasteiger partial charge in [-0.2, -0.15) is 8.78 Å². The van der Waals surface area contributed by atoms with Crippen LogP contribution in [0.4, 0.5) is 13.2 Å². The van der Waals surface area contributed by atoms with Gasteiger partial charge in [-0.15, -0.1) is 6.58 Å². The Labute approximate surface area is 118 Å². The lowest BCUT2D eigenvalue weighted by Gasteiger charge is -2.27. The van der Waals surface area contributed by atoms with Crippen LogP contribution in [0.25, 0.3) is 0 Å². The van der Waals surface area contributed by atoms with Gasteiger partial charge in [-0.1, -0.05) is 30.3 Å². The van der Waals surface area contributed by atoms with Crippen LogP contribution >= 0.6 is 0 Å². The van der Waals surface area contributed by atoms with Crippen molar-refractivity contribution in [1.82, 2.24) is 0 Å². The summed E-state index contributed by atoms with van der Waals surface area (Å²) in [7, 11) is 0. The molecule has 1 aliphatic carbocycles. The third-order valence-corrected chi connectivity index (χ3v) is 4.10. The van der Waals surface area contributed by atoms with Crippen LogP contribution in [0.1, 0.15) is 42.7 Å². The molecule has 0 aliphatic heterocycles. The standard InChI is InChI=1S/C17H19F3/c1-2-3-12-4-6-13(7-5-12)14-8-10-15(11-9-14)16(18)17(19)20/h2,4-7,14-15H,1,3,8-11H2. The summed E-state index contributed by atoms with van der Waals surface area (Å²) in [4.78, 5) is 0. The molecule has 1 aliphatic rings. The van der Waals surface area contributed by atoms with Crippen molar-refractivity contribution in [3.05, 3.63) is 60.0 Å². The van der Waals surface area contributed by atoms with Crippen LogP contribution < -0.4 is 0 Å². The molecule has 1 aromatic carbocycles. The Bertz CT molecular complexity index is 475. The number of allylic oxidation sites excluding steroid dienone is 2. The zero-order valence-corrected chi connectivity index (χ0v) is 11.4. The summed E-state index contributed by atoms with van der Waals surface area (Å²) in [5, 5.41) is 0. The van der Waals surface area contributed by atoms with Gasteiger partial charge in [0.05, 0.1) is 0 Å². The van der Waals surface area contributed by atoms with Crippen molar-refractivity contribution in [2.24, 2.45) is 5.92 Å². The molecular weight excluding hydrogens is 261 g/mol. The highest BCUT2D eigenvalue weighted by Gasteiger charge is 2.27. The predicted molar refractivity (Wildman–Crippen MR) is 75.4 cm³/mol. The third kappa shape index (κ3) is 3.53. The van der Waals surface area contributed by atoms with Gasteiger partial charge in [-0.3, -0.25) is 0 Å². The van der Waals surface area contributed by atoms with Gasteiger partial charge in [0.1, 0.15) is 0 Å². The molecule has 0 heterocycles. The molecule has 1 aromatic rings. The second kappa shape index (κ2) is 6.78. The predicted octanol–water partition coefficient (Wildman–Crippen LogP) is 5.77. The molecule has 0 saturated heterocycles. The van der Waals surface area contributed by atoms with E-state index >= 15 is 0 Å². The highest BCUT2D eigenvalue weighted by atomic mass is 19.3. The van der Waals surface area contributed by atoms with E-state index in [-0.39, 0.29) is 0 Å². The quantitative estimate of drug-likeness (QED) is 0.614. The smallest absolute Gasteiger partial charge is 0.206 e. The van der Waals surface area contributed by atoms with Crippen molar-refractivity contribution in [1.29, 1.82) is 0 Å². The van der Waals surface area contributed by atoms with Crippen molar-refractivity contribution in [3.63, 3.8) is 0 Å². The molecule has 20 heavy (non-hydrogen) atoms. The Morgan fingerprint density at radius 2 is 1.65 bits per heavy atom. The van der Waals surface area contributed by atoms with E-state index in [4.69, 9.17) is 0 Å². The first-order valence-corrected chi connectivity index (χ1v) is 7.02. The van der Waals surface area contributed by atoms with Crippen LogP contribution in [-0.2, 0) is 6.42 Å². The second-order valence-electron chi connectivity index (χ2n) is 5.39. The number of halogens is 3. The fraction of sp³-hybridized carbons (Fsp3) is 0.412. The van der Waals surface area contributed by atoms with Crippen LogP contribution in [0.5, 0.6) is 0 Å². The highest BCUT2D eigenvalue weighted by Crippen LogP contribution is 2.40. The van der Waals surface area contributed by atoms with Gasteiger partial charge in [-0.05, 0) is 49.1 Å². The van der Waals surface area contributed by atoms with Gasteiger partial charge >= 0.3 is 6.08 Å². The van der Waals surface area contributed by atoms with Gasteiger partial charge in [0.2, 0.25) is 0 Å². The zero-order valence-electron chi connectivity index (χ0n) is 11.4. The van der Waals surface area contributed by atoms with E-state index in [0.717, 1.165) is 19.3 Å². The number of hydrogen-bond acceptors (Lipinski definition) is 0. The van der Waals surface area contributed by atoms with E-state index in [0.29, 0.717) is 18.8 Å². The molecule has 0 N–H and O–H groups in total. The molecule has 0 amide bonds. The van der Waals surface area contributed by atoms with Gasteiger partial charge in [0.25, 0.3) is 0 Å². The van der Waals surface area contributed by atoms with Crippen molar-refractivity contribution >= 4 is 0 Å². The molecule has 0 unspecified atom stereocenters. The number of hydrogen-bond donors (Lipinski definition) is 0. The minimum absolute atomic E-state index is 0.361. The fourth-order valence-corrected chi connectivity index (χ4v) is 2.93. The minimum atomic E-state index is -2.15. The normalized spacial score (nSPS) is 22.4. The van der Waals surface area contributed by atoms with Gasteiger partial charge in [0.15, 0.2) is 5.83 Å². The van der Waals surface area contributed by atoms with Crippen LogP contribution in [0.3, 0.4) is 0 Å². The third-order valence-electron chi connectivity index (χ3n) is 4.10. The Kier molecular flexibility index (Phi) is 5.05. The average molecular weight is 280 g/mol. The van der Waals surface area contributed by atoms with E-state index in [9.17, 15) is 13.2 Å². The number of benzene rings is 1. The average Bonchev–Trinajstić information content (AvgIpc) is 2.48. The molecule has 1 fully saturated rings. The molecule has 0 nitrogen and oxygen atoms in total. The summed E-state index contributed by atoms with van der Waals surface area (Å²) in [6.45, 7) is 3.71. The Morgan fingerprint density at radius 3 is 2.15 bits per heavy atom. The summed E-state index contributed by atoms with van der Waals surface area (Å²) in [5.41, 5.74) is 2.44. The SMILES string of the molecule is C=CCc1ccc(C2CCC(C(F)=C(F)F)CC2)cc1. The van der Waals surface area contributed by atoms with Crippen molar-refractivity contribution in [2.75, 3.05) is 0 Å². The molecule has 0 radical (unpaired) electrons. The molecule has 108 valence electrons. The first-order valence-electron chi connectivity index (χ1n) is 7.02. The first kappa shape index (κ1) is 14.9. The molecule has 0 bridgehead atoms. The van der Waals surface area contributed by atoms with Crippen LogP contribution in [-0.4, -0.2) is 0 Å². The monoisotopic (exact) mass is 280 g/mol. The Balaban J connectivity index is 1.96. The summed E-state index contributed by atoms with van der Waals surface area (Å²) in [6, 6.07) is 8.33. The van der Waals surface area contributed by atoms with Crippen LogP contribution in [0, 0.1) is 5.92 Å². The lowest BCUT2D eigenvalue weighted by atomic mass is 9.78. The summed E-state index contributed by atoms with van der Waals surface area (Å²) in [5.74, 6) is -1.43. The Hall–Kier alpha value is -1.51. The van der Waals surface area contributed by atoms with E-state index in [1.807, 2.05) is 6.08 Å². The first-order chi connectivity index (χ1) is 9.61. The molecule has 0 aromatic heterocycles. The summed E-state index contributed by atoms with van der Waals surface area (Å²) in [6.07, 6.45) is 3.10. The van der Waals surface area contributed by atoms with E-state index in [1.54, 1.807) is 0 Å².